The molecule has 1 aliphatic heterocycles. The predicted molar refractivity (Wildman–Crippen MR) is 63.5 cm³/mol. The average Bonchev–Trinajstić information content (AvgIpc) is 2.63. The minimum Gasteiger partial charge on any atom is -0.487 e. The van der Waals surface area contributed by atoms with Crippen molar-refractivity contribution >= 4 is 15.9 Å². The predicted octanol–water partition coefficient (Wildman–Crippen LogP) is 3.23. The molecule has 1 aromatic carbocycles. The molecule has 0 N–H and O–H groups in total. The highest BCUT2D eigenvalue weighted by Crippen LogP contribution is 2.29. The summed E-state index contributed by atoms with van der Waals surface area (Å²) < 4.78 is 12.3. The van der Waals surface area contributed by atoms with Crippen molar-refractivity contribution < 1.29 is 9.47 Å². The van der Waals surface area contributed by atoms with E-state index in [-0.39, 0.29) is 6.10 Å². The molecular weight excluding hydrogens is 256 g/mol. The van der Waals surface area contributed by atoms with Crippen molar-refractivity contribution in [3.8, 4) is 5.75 Å². The highest BCUT2D eigenvalue weighted by Gasteiger charge is 2.19. The van der Waals surface area contributed by atoms with E-state index in [1.54, 1.807) is 0 Å². The first-order valence-electron chi connectivity index (χ1n) is 5.18. The van der Waals surface area contributed by atoms with E-state index >= 15 is 0 Å². The molecule has 0 bridgehead atoms. The quantitative estimate of drug-likeness (QED) is 0.822. The number of hydrogen-bond donors (Lipinski definition) is 0. The molecule has 3 heteroatoms. The summed E-state index contributed by atoms with van der Waals surface area (Å²) in [5.41, 5.74) is 2.35. The maximum atomic E-state index is 5.95. The minimum atomic E-state index is 0.226. The van der Waals surface area contributed by atoms with Gasteiger partial charge in [-0.05, 0) is 37.1 Å². The Balaban J connectivity index is 2.19. The summed E-state index contributed by atoms with van der Waals surface area (Å²) in [6.45, 7) is 5.68. The first-order chi connectivity index (χ1) is 7.16. The Morgan fingerprint density at radius 3 is 2.53 bits per heavy atom. The molecule has 1 aliphatic rings. The van der Waals surface area contributed by atoms with Gasteiger partial charge in [-0.2, -0.15) is 0 Å². The van der Waals surface area contributed by atoms with E-state index in [0.717, 1.165) is 29.9 Å². The van der Waals surface area contributed by atoms with Crippen LogP contribution in [0.4, 0.5) is 0 Å². The zero-order valence-corrected chi connectivity index (χ0v) is 10.6. The molecule has 0 spiro atoms. The zero-order valence-electron chi connectivity index (χ0n) is 9.05. The minimum absolute atomic E-state index is 0.226. The lowest BCUT2D eigenvalue weighted by Gasteiger charge is -2.16. The van der Waals surface area contributed by atoms with E-state index in [2.05, 4.69) is 41.9 Å². The number of aryl methyl sites for hydroxylation is 2. The highest BCUT2D eigenvalue weighted by atomic mass is 79.9. The molecule has 2 nitrogen and oxygen atoms in total. The first kappa shape index (κ1) is 11.0. The molecule has 1 fully saturated rings. The van der Waals surface area contributed by atoms with E-state index in [9.17, 15) is 0 Å². The van der Waals surface area contributed by atoms with Gasteiger partial charge in [-0.1, -0.05) is 15.9 Å². The van der Waals surface area contributed by atoms with E-state index in [1.807, 2.05) is 0 Å². The number of hydrogen-bond acceptors (Lipinski definition) is 2. The summed E-state index contributed by atoms with van der Waals surface area (Å²) in [5, 5.41) is 0. The molecule has 1 aromatic rings. The highest BCUT2D eigenvalue weighted by molar-refractivity contribution is 9.10. The molecule has 15 heavy (non-hydrogen) atoms. The summed E-state index contributed by atoms with van der Waals surface area (Å²) in [5.74, 6) is 1.01. The topological polar surface area (TPSA) is 18.5 Å². The Morgan fingerprint density at radius 2 is 2.00 bits per heavy atom. The molecule has 0 saturated carbocycles. The smallest absolute Gasteiger partial charge is 0.125 e. The number of rotatable bonds is 2. The van der Waals surface area contributed by atoms with Gasteiger partial charge in [0.15, 0.2) is 0 Å². The fourth-order valence-electron chi connectivity index (χ4n) is 1.86. The van der Waals surface area contributed by atoms with E-state index < -0.39 is 0 Å². The van der Waals surface area contributed by atoms with Crippen molar-refractivity contribution in [3.63, 3.8) is 0 Å². The zero-order chi connectivity index (χ0) is 10.8. The van der Waals surface area contributed by atoms with Crippen molar-refractivity contribution in [2.45, 2.75) is 26.4 Å². The molecule has 0 amide bonds. The van der Waals surface area contributed by atoms with Gasteiger partial charge >= 0.3 is 0 Å². The van der Waals surface area contributed by atoms with Gasteiger partial charge < -0.3 is 9.47 Å². The molecule has 1 atom stereocenters. The number of ether oxygens (including phenoxy) is 2. The summed E-state index contributed by atoms with van der Waals surface area (Å²) in [4.78, 5) is 0. The van der Waals surface area contributed by atoms with E-state index in [4.69, 9.17) is 9.47 Å². The Morgan fingerprint density at radius 1 is 1.33 bits per heavy atom. The largest absolute Gasteiger partial charge is 0.487 e. The van der Waals surface area contributed by atoms with E-state index in [1.165, 1.54) is 11.1 Å². The third-order valence-electron chi connectivity index (χ3n) is 2.60. The van der Waals surface area contributed by atoms with Crippen molar-refractivity contribution in [1.29, 1.82) is 0 Å². The van der Waals surface area contributed by atoms with Crippen LogP contribution in [0.25, 0.3) is 0 Å². The SMILES string of the molecule is Cc1cc(Br)cc(C)c1OC1CCOC1. The van der Waals surface area contributed by atoms with Crippen LogP contribution < -0.4 is 4.74 Å². The van der Waals surface area contributed by atoms with Crippen LogP contribution in [0.3, 0.4) is 0 Å². The summed E-state index contributed by atoms with van der Waals surface area (Å²) in [6, 6.07) is 4.16. The van der Waals surface area contributed by atoms with Gasteiger partial charge in [-0.25, -0.2) is 0 Å². The first-order valence-corrected chi connectivity index (χ1v) is 5.97. The van der Waals surface area contributed by atoms with Crippen LogP contribution in [0.1, 0.15) is 17.5 Å². The van der Waals surface area contributed by atoms with Crippen LogP contribution in [-0.4, -0.2) is 19.3 Å². The fraction of sp³-hybridized carbons (Fsp3) is 0.500. The van der Waals surface area contributed by atoms with Crippen LogP contribution >= 0.6 is 15.9 Å². The third kappa shape index (κ3) is 2.52. The Hall–Kier alpha value is -0.540. The molecule has 0 aromatic heterocycles. The summed E-state index contributed by atoms with van der Waals surface area (Å²) in [6.07, 6.45) is 1.22. The van der Waals surface area contributed by atoms with Gasteiger partial charge in [0.05, 0.1) is 13.2 Å². The van der Waals surface area contributed by atoms with Crippen molar-refractivity contribution in [3.05, 3.63) is 27.7 Å². The van der Waals surface area contributed by atoms with E-state index in [0.29, 0.717) is 0 Å². The van der Waals surface area contributed by atoms with Crippen LogP contribution in [0.5, 0.6) is 5.75 Å². The summed E-state index contributed by atoms with van der Waals surface area (Å²) in [7, 11) is 0. The molecule has 0 radical (unpaired) electrons. The van der Waals surface area contributed by atoms with Gasteiger partial charge in [-0.3, -0.25) is 0 Å². The van der Waals surface area contributed by atoms with Gasteiger partial charge in [0, 0.05) is 10.9 Å². The van der Waals surface area contributed by atoms with Crippen LogP contribution in [-0.2, 0) is 4.74 Å². The maximum Gasteiger partial charge on any atom is 0.125 e. The van der Waals surface area contributed by atoms with Gasteiger partial charge in [0.1, 0.15) is 11.9 Å². The lowest BCUT2D eigenvalue weighted by Crippen LogP contribution is -2.16. The monoisotopic (exact) mass is 270 g/mol. The van der Waals surface area contributed by atoms with Gasteiger partial charge in [0.25, 0.3) is 0 Å². The molecule has 0 aliphatic carbocycles. The number of halogens is 1. The second-order valence-corrected chi connectivity index (χ2v) is 4.89. The Bertz CT molecular complexity index is 334. The molecule has 1 saturated heterocycles. The Kier molecular flexibility index (Phi) is 3.32. The van der Waals surface area contributed by atoms with Crippen molar-refractivity contribution in [1.82, 2.24) is 0 Å². The van der Waals surface area contributed by atoms with Crippen LogP contribution in [0, 0.1) is 13.8 Å². The van der Waals surface area contributed by atoms with Gasteiger partial charge in [-0.15, -0.1) is 0 Å². The number of benzene rings is 1. The van der Waals surface area contributed by atoms with Crippen LogP contribution in [0.2, 0.25) is 0 Å². The maximum absolute atomic E-state index is 5.95. The summed E-state index contributed by atoms with van der Waals surface area (Å²) >= 11 is 3.48. The lowest BCUT2D eigenvalue weighted by atomic mass is 10.1. The fourth-order valence-corrected chi connectivity index (χ4v) is 2.54. The third-order valence-corrected chi connectivity index (χ3v) is 3.06. The Labute approximate surface area is 98.7 Å². The average molecular weight is 271 g/mol. The molecule has 1 unspecified atom stereocenters. The molecule has 1 heterocycles. The second kappa shape index (κ2) is 4.54. The van der Waals surface area contributed by atoms with Crippen molar-refractivity contribution in [2.75, 3.05) is 13.2 Å². The van der Waals surface area contributed by atoms with Crippen molar-refractivity contribution in [2.24, 2.45) is 0 Å². The molecule has 2 rings (SSSR count). The lowest BCUT2D eigenvalue weighted by molar-refractivity contribution is 0.140. The van der Waals surface area contributed by atoms with Gasteiger partial charge in [0.2, 0.25) is 0 Å². The molecule has 82 valence electrons. The standard InChI is InChI=1S/C12H15BrO2/c1-8-5-10(13)6-9(2)12(8)15-11-3-4-14-7-11/h5-6,11H,3-4,7H2,1-2H3. The second-order valence-electron chi connectivity index (χ2n) is 3.97. The molecular formula is C12H15BrO2. The normalized spacial score (nSPS) is 20.6. The van der Waals surface area contributed by atoms with Crippen LogP contribution in [0.15, 0.2) is 16.6 Å².